The number of benzene rings is 1. The molecule has 0 unspecified atom stereocenters. The molecule has 9 nitrogen and oxygen atoms in total. The summed E-state index contributed by atoms with van der Waals surface area (Å²) in [6, 6.07) is 6.59. The standard InChI is InChI=1S/C23H20IN3O6/c1-25-22(31)26-7-6-12-16(27(26)23(25)32)10-14-17(29)11-15(24)21(30)20(14)19(12)13-4-2-3-5-18(13)33-9-8-28/h2-6,11,16,19,28H,7-10H2,1H3/t16-,19-/m1/s1. The Morgan fingerprint density at radius 1 is 1.15 bits per heavy atom. The second-order valence-electron chi connectivity index (χ2n) is 8.10. The minimum atomic E-state index is -0.625. The first kappa shape index (κ1) is 21.8. The average molecular weight is 561 g/mol. The summed E-state index contributed by atoms with van der Waals surface area (Å²) >= 11 is 1.88. The van der Waals surface area contributed by atoms with Gasteiger partial charge in [-0.25, -0.2) is 23.5 Å². The fourth-order valence-corrected chi connectivity index (χ4v) is 5.51. The lowest BCUT2D eigenvalue weighted by atomic mass is 9.68. The maximum absolute atomic E-state index is 13.3. The fraction of sp³-hybridized carbons (Fsp3) is 0.304. The maximum atomic E-state index is 13.3. The number of aliphatic hydroxyl groups is 1. The number of aliphatic hydroxyl groups excluding tert-OH is 1. The van der Waals surface area contributed by atoms with Gasteiger partial charge in [-0.3, -0.25) is 9.59 Å². The Morgan fingerprint density at radius 3 is 2.67 bits per heavy atom. The number of carbonyl (C=O) groups is 2. The number of carbonyl (C=O) groups excluding carboxylic acids is 2. The third-order valence-corrected chi connectivity index (χ3v) is 7.17. The van der Waals surface area contributed by atoms with E-state index < -0.39 is 23.3 Å². The van der Waals surface area contributed by atoms with Crippen molar-refractivity contribution in [1.29, 1.82) is 0 Å². The van der Waals surface area contributed by atoms with Gasteiger partial charge < -0.3 is 9.84 Å². The van der Waals surface area contributed by atoms with Crippen molar-refractivity contribution in [2.75, 3.05) is 13.2 Å². The van der Waals surface area contributed by atoms with E-state index in [4.69, 9.17) is 4.74 Å². The van der Waals surface area contributed by atoms with Gasteiger partial charge in [0.1, 0.15) is 12.4 Å². The van der Waals surface area contributed by atoms with E-state index in [2.05, 4.69) is 0 Å². The molecule has 0 amide bonds. The molecule has 2 atom stereocenters. The fourth-order valence-electron chi connectivity index (χ4n) is 4.94. The SMILES string of the molecule is Cn1c(=O)n2n(c1=O)[C@@H]1CC3=C(C(=O)C(I)=CC3=O)[C@@H](c3ccccc3OCCO)C1=CC2. The van der Waals surface area contributed by atoms with E-state index >= 15 is 0 Å². The summed E-state index contributed by atoms with van der Waals surface area (Å²) in [5, 5.41) is 9.26. The highest BCUT2D eigenvalue weighted by Crippen LogP contribution is 2.51. The molecule has 2 heterocycles. The Balaban J connectivity index is 1.77. The molecule has 1 aromatic heterocycles. The van der Waals surface area contributed by atoms with Crippen LogP contribution in [0.15, 0.2) is 66.3 Å². The molecule has 0 saturated carbocycles. The summed E-state index contributed by atoms with van der Waals surface area (Å²) in [6.45, 7) is 0.0662. The molecule has 3 aliphatic rings. The zero-order chi connectivity index (χ0) is 23.4. The highest BCUT2D eigenvalue weighted by atomic mass is 127. The summed E-state index contributed by atoms with van der Waals surface area (Å²) in [6.07, 6.45) is 3.34. The van der Waals surface area contributed by atoms with Crippen molar-refractivity contribution in [3.8, 4) is 5.75 Å². The number of Topliss-reactive ketones (excluding diaryl/α,β-unsaturated/α-hetero) is 1. The smallest absolute Gasteiger partial charge is 0.347 e. The van der Waals surface area contributed by atoms with Crippen LogP contribution in [0.2, 0.25) is 0 Å². The van der Waals surface area contributed by atoms with Gasteiger partial charge in [0.05, 0.1) is 22.8 Å². The molecule has 0 fully saturated rings. The van der Waals surface area contributed by atoms with Gasteiger partial charge in [-0.15, -0.1) is 0 Å². The van der Waals surface area contributed by atoms with Gasteiger partial charge in [-0.1, -0.05) is 24.3 Å². The lowest BCUT2D eigenvalue weighted by molar-refractivity contribution is -0.115. The van der Waals surface area contributed by atoms with E-state index in [0.29, 0.717) is 26.0 Å². The molecule has 33 heavy (non-hydrogen) atoms. The largest absolute Gasteiger partial charge is 0.491 e. The van der Waals surface area contributed by atoms with Crippen molar-refractivity contribution in [2.45, 2.75) is 24.9 Å². The highest BCUT2D eigenvalue weighted by Gasteiger charge is 2.45. The van der Waals surface area contributed by atoms with Crippen LogP contribution in [-0.2, 0) is 23.2 Å². The summed E-state index contributed by atoms with van der Waals surface area (Å²) < 4.78 is 9.90. The summed E-state index contributed by atoms with van der Waals surface area (Å²) in [5.74, 6) is -0.636. The molecule has 2 aliphatic carbocycles. The minimum Gasteiger partial charge on any atom is -0.491 e. The molecule has 170 valence electrons. The van der Waals surface area contributed by atoms with Gasteiger partial charge in [0, 0.05) is 42.2 Å². The van der Waals surface area contributed by atoms with Crippen molar-refractivity contribution < 1.29 is 19.4 Å². The van der Waals surface area contributed by atoms with Gasteiger partial charge in [0.25, 0.3) is 0 Å². The Morgan fingerprint density at radius 2 is 1.91 bits per heavy atom. The zero-order valence-corrected chi connectivity index (χ0v) is 19.8. The number of rotatable bonds is 4. The van der Waals surface area contributed by atoms with Crippen molar-refractivity contribution >= 4 is 34.2 Å². The topological polar surface area (TPSA) is 113 Å². The lowest BCUT2D eigenvalue weighted by Crippen LogP contribution is -2.40. The van der Waals surface area contributed by atoms with Crippen LogP contribution in [0.4, 0.5) is 0 Å². The van der Waals surface area contributed by atoms with Gasteiger partial charge in [-0.2, -0.15) is 0 Å². The van der Waals surface area contributed by atoms with Crippen LogP contribution >= 0.6 is 22.6 Å². The summed E-state index contributed by atoms with van der Waals surface area (Å²) in [4.78, 5) is 51.9. The molecule has 0 radical (unpaired) electrons. The average Bonchev–Trinajstić information content (AvgIpc) is 3.04. The maximum Gasteiger partial charge on any atom is 0.347 e. The molecule has 5 rings (SSSR count). The van der Waals surface area contributed by atoms with Crippen LogP contribution < -0.4 is 16.1 Å². The van der Waals surface area contributed by atoms with Crippen LogP contribution in [0.3, 0.4) is 0 Å². The van der Waals surface area contributed by atoms with E-state index in [1.807, 2.05) is 40.8 Å². The molecule has 1 aromatic carbocycles. The number of nitrogens with zero attached hydrogens (tertiary/aromatic N) is 3. The Labute approximate surface area is 201 Å². The monoisotopic (exact) mass is 561 g/mol. The van der Waals surface area contributed by atoms with Gasteiger partial charge >= 0.3 is 11.4 Å². The second kappa shape index (κ2) is 8.10. The number of para-hydroxylation sites is 1. The number of hydrogen-bond donors (Lipinski definition) is 1. The number of ketones is 2. The van der Waals surface area contributed by atoms with Crippen LogP contribution in [0.25, 0.3) is 0 Å². The molecule has 0 spiro atoms. The molecular formula is C23H20IN3O6. The van der Waals surface area contributed by atoms with Crippen molar-refractivity contribution in [3.63, 3.8) is 0 Å². The molecule has 1 aliphatic heterocycles. The second-order valence-corrected chi connectivity index (χ2v) is 9.26. The number of halogens is 1. The molecule has 0 saturated heterocycles. The first-order chi connectivity index (χ1) is 15.8. The number of hydrogen-bond acceptors (Lipinski definition) is 6. The molecule has 1 N–H and O–H groups in total. The summed E-state index contributed by atoms with van der Waals surface area (Å²) in [5.41, 5.74) is 1.27. The number of ether oxygens (including phenoxy) is 1. The Kier molecular flexibility index (Phi) is 5.36. The zero-order valence-electron chi connectivity index (χ0n) is 17.7. The van der Waals surface area contributed by atoms with Crippen LogP contribution in [0.5, 0.6) is 5.75 Å². The van der Waals surface area contributed by atoms with Gasteiger partial charge in [-0.05, 0) is 34.2 Å². The molecule has 2 aromatic rings. The quantitative estimate of drug-likeness (QED) is 0.341. The number of aromatic nitrogens is 3. The van der Waals surface area contributed by atoms with E-state index in [1.54, 1.807) is 12.1 Å². The van der Waals surface area contributed by atoms with Crippen LogP contribution in [0, 0.1) is 0 Å². The lowest BCUT2D eigenvalue weighted by Gasteiger charge is -2.39. The van der Waals surface area contributed by atoms with E-state index in [0.717, 1.165) is 10.1 Å². The predicted molar refractivity (Wildman–Crippen MR) is 127 cm³/mol. The third-order valence-electron chi connectivity index (χ3n) is 6.37. The first-order valence-electron chi connectivity index (χ1n) is 10.4. The number of allylic oxidation sites excluding steroid dienone is 6. The van der Waals surface area contributed by atoms with Crippen LogP contribution in [-0.4, -0.2) is 43.8 Å². The first-order valence-corrected chi connectivity index (χ1v) is 11.5. The normalized spacial score (nSPS) is 21.8. The molecule has 10 heteroatoms. The van der Waals surface area contributed by atoms with Gasteiger partial charge in [0.15, 0.2) is 11.6 Å². The van der Waals surface area contributed by atoms with Crippen LogP contribution in [0.1, 0.15) is 23.9 Å². The number of fused-ring (bicyclic) bond motifs is 3. The van der Waals surface area contributed by atoms with E-state index in [-0.39, 0.29) is 37.7 Å². The minimum absolute atomic E-state index is 0.0696. The summed E-state index contributed by atoms with van der Waals surface area (Å²) in [7, 11) is 1.42. The van der Waals surface area contributed by atoms with Crippen molar-refractivity contribution in [3.05, 3.63) is 83.2 Å². The van der Waals surface area contributed by atoms with Gasteiger partial charge in [0.2, 0.25) is 0 Å². The highest BCUT2D eigenvalue weighted by molar-refractivity contribution is 14.1. The van der Waals surface area contributed by atoms with E-state index in [9.17, 15) is 24.3 Å². The predicted octanol–water partition coefficient (Wildman–Crippen LogP) is 1.16. The third kappa shape index (κ3) is 3.22. The van der Waals surface area contributed by atoms with Crippen molar-refractivity contribution in [2.24, 2.45) is 7.05 Å². The molecular weight excluding hydrogens is 541 g/mol. The van der Waals surface area contributed by atoms with E-state index in [1.165, 1.54) is 22.5 Å². The Hall–Kier alpha value is -2.99. The van der Waals surface area contributed by atoms with Crippen molar-refractivity contribution in [1.82, 2.24) is 13.9 Å². The molecule has 0 bridgehead atoms. The Bertz CT molecular complexity index is 1420.